The van der Waals surface area contributed by atoms with Crippen LogP contribution in [-0.4, -0.2) is 0 Å². The van der Waals surface area contributed by atoms with Gasteiger partial charge >= 0.3 is 0 Å². The highest BCUT2D eigenvalue weighted by molar-refractivity contribution is 9.15. The number of hydrogen-bond donors (Lipinski definition) is 0. The molecule has 0 spiro atoms. The fraction of sp³-hybridized carbons (Fsp3) is 0.273. The topological polar surface area (TPSA) is 0 Å². The van der Waals surface area contributed by atoms with Crippen molar-refractivity contribution >= 4 is 20.4 Å². The van der Waals surface area contributed by atoms with Crippen LogP contribution in [0.4, 0.5) is 0 Å². The fourth-order valence-corrected chi connectivity index (χ4v) is 2.31. The monoisotopic (exact) mass is 222 g/mol. The Morgan fingerprint density at radius 1 is 1.33 bits per heavy atom. The predicted molar refractivity (Wildman–Crippen MR) is 56.4 cm³/mol. The highest BCUT2D eigenvalue weighted by atomic mass is 79.9. The summed E-state index contributed by atoms with van der Waals surface area (Å²) in [5.74, 6) is 0. The number of halogens is 1. The van der Waals surface area contributed by atoms with Gasteiger partial charge in [-0.15, -0.1) is 0 Å². The molecule has 0 unspecified atom stereocenters. The second-order valence-corrected chi connectivity index (χ2v) is 4.05. The molecule has 0 radical (unpaired) electrons. The van der Waals surface area contributed by atoms with Crippen LogP contribution in [0.5, 0.6) is 0 Å². The quantitative estimate of drug-likeness (QED) is 0.629. The van der Waals surface area contributed by atoms with E-state index in [2.05, 4.69) is 47.1 Å². The molecule has 2 rings (SSSR count). The van der Waals surface area contributed by atoms with Crippen molar-refractivity contribution in [3.05, 3.63) is 41.0 Å². The molecule has 0 amide bonds. The third kappa shape index (κ3) is 1.22. The zero-order valence-corrected chi connectivity index (χ0v) is 8.69. The zero-order valence-electron chi connectivity index (χ0n) is 7.10. The van der Waals surface area contributed by atoms with Crippen molar-refractivity contribution in [2.24, 2.45) is 0 Å². The number of fused-ring (bicyclic) bond motifs is 1. The van der Waals surface area contributed by atoms with E-state index in [1.54, 1.807) is 0 Å². The summed E-state index contributed by atoms with van der Waals surface area (Å²) in [6, 6.07) is 6.49. The zero-order chi connectivity index (χ0) is 8.55. The first-order chi connectivity index (χ1) is 5.79. The van der Waals surface area contributed by atoms with Crippen molar-refractivity contribution in [1.82, 2.24) is 0 Å². The molecule has 1 aromatic carbocycles. The van der Waals surface area contributed by atoms with Gasteiger partial charge < -0.3 is 0 Å². The van der Waals surface area contributed by atoms with Crippen LogP contribution < -0.4 is 0 Å². The lowest BCUT2D eigenvalue weighted by atomic mass is 9.93. The minimum absolute atomic E-state index is 1.17. The highest BCUT2D eigenvalue weighted by Gasteiger charge is 2.10. The molecule has 1 aromatic rings. The van der Waals surface area contributed by atoms with Crippen LogP contribution in [0.3, 0.4) is 0 Å². The Kier molecular flexibility index (Phi) is 2.05. The molecule has 0 atom stereocenters. The van der Waals surface area contributed by atoms with Crippen molar-refractivity contribution in [1.29, 1.82) is 0 Å². The molecule has 0 nitrogen and oxygen atoms in total. The number of allylic oxidation sites excluding steroid dienone is 1. The molecule has 62 valence electrons. The normalized spacial score (nSPS) is 15.3. The molecule has 1 aliphatic rings. The van der Waals surface area contributed by atoms with E-state index in [1.807, 2.05) is 0 Å². The Balaban J connectivity index is 2.62. The maximum Gasteiger partial charge on any atom is 0.0210 e. The standard InChI is InChI=1S/C11H11Br/c1-8-4-2-6-10-9(8)5-3-7-11(10)12/h2,4,6-7H,3,5H2,1H3. The average molecular weight is 223 g/mol. The summed E-state index contributed by atoms with van der Waals surface area (Å²) < 4.78 is 1.26. The molecule has 1 heteroatoms. The lowest BCUT2D eigenvalue weighted by molar-refractivity contribution is 0.969. The van der Waals surface area contributed by atoms with Crippen LogP contribution in [0, 0.1) is 6.92 Å². The van der Waals surface area contributed by atoms with Crippen molar-refractivity contribution in [3.63, 3.8) is 0 Å². The molecule has 0 saturated heterocycles. The van der Waals surface area contributed by atoms with Gasteiger partial charge in [-0.2, -0.15) is 0 Å². The Morgan fingerprint density at radius 2 is 2.17 bits per heavy atom. The minimum Gasteiger partial charge on any atom is -0.0693 e. The van der Waals surface area contributed by atoms with Crippen LogP contribution in [0.15, 0.2) is 24.3 Å². The van der Waals surface area contributed by atoms with E-state index in [9.17, 15) is 0 Å². The van der Waals surface area contributed by atoms with E-state index < -0.39 is 0 Å². The maximum absolute atomic E-state index is 3.58. The molecule has 0 fully saturated rings. The molecule has 12 heavy (non-hydrogen) atoms. The first-order valence-electron chi connectivity index (χ1n) is 4.23. The van der Waals surface area contributed by atoms with Gasteiger partial charge in [0.1, 0.15) is 0 Å². The number of benzene rings is 1. The Bertz CT molecular complexity index is 337. The van der Waals surface area contributed by atoms with Crippen LogP contribution >= 0.6 is 15.9 Å². The maximum atomic E-state index is 3.58. The third-order valence-corrected chi connectivity index (χ3v) is 3.14. The number of rotatable bonds is 0. The van der Waals surface area contributed by atoms with Crippen LogP contribution in [0.1, 0.15) is 23.1 Å². The molecule has 0 bridgehead atoms. The van der Waals surface area contributed by atoms with Gasteiger partial charge in [0.05, 0.1) is 0 Å². The largest absolute Gasteiger partial charge is 0.0693 e. The Morgan fingerprint density at radius 3 is 2.92 bits per heavy atom. The van der Waals surface area contributed by atoms with E-state index in [0.717, 1.165) is 0 Å². The second-order valence-electron chi connectivity index (χ2n) is 3.19. The summed E-state index contributed by atoms with van der Waals surface area (Å²) in [6.07, 6.45) is 4.61. The molecule has 0 N–H and O–H groups in total. The first-order valence-corrected chi connectivity index (χ1v) is 5.03. The lowest BCUT2D eigenvalue weighted by Gasteiger charge is -2.15. The summed E-state index contributed by atoms with van der Waals surface area (Å²) in [4.78, 5) is 0. The second kappa shape index (κ2) is 3.06. The predicted octanol–water partition coefficient (Wildman–Crippen LogP) is 3.68. The van der Waals surface area contributed by atoms with Gasteiger partial charge in [-0.1, -0.05) is 40.2 Å². The SMILES string of the molecule is Cc1cccc2c1CCC=C2Br. The van der Waals surface area contributed by atoms with Gasteiger partial charge in [0.25, 0.3) is 0 Å². The fourth-order valence-electron chi connectivity index (χ4n) is 1.71. The van der Waals surface area contributed by atoms with Crippen LogP contribution in [0.25, 0.3) is 4.48 Å². The summed E-state index contributed by atoms with van der Waals surface area (Å²) in [5, 5.41) is 0. The molecule has 0 aromatic heterocycles. The Hall–Kier alpha value is -0.560. The van der Waals surface area contributed by atoms with Crippen molar-refractivity contribution in [2.45, 2.75) is 19.8 Å². The van der Waals surface area contributed by atoms with Crippen molar-refractivity contribution < 1.29 is 0 Å². The lowest BCUT2D eigenvalue weighted by Crippen LogP contribution is -1.98. The summed E-state index contributed by atoms with van der Waals surface area (Å²) in [6.45, 7) is 2.18. The van der Waals surface area contributed by atoms with E-state index in [4.69, 9.17) is 0 Å². The summed E-state index contributed by atoms with van der Waals surface area (Å²) in [5.41, 5.74) is 4.30. The van der Waals surface area contributed by atoms with E-state index in [0.29, 0.717) is 0 Å². The molecule has 1 aliphatic carbocycles. The molecular weight excluding hydrogens is 212 g/mol. The van der Waals surface area contributed by atoms with E-state index >= 15 is 0 Å². The molecule has 0 saturated carbocycles. The van der Waals surface area contributed by atoms with Gasteiger partial charge in [-0.25, -0.2) is 0 Å². The number of hydrogen-bond acceptors (Lipinski definition) is 0. The molecule has 0 aliphatic heterocycles. The van der Waals surface area contributed by atoms with E-state index in [-0.39, 0.29) is 0 Å². The first kappa shape index (κ1) is 8.06. The van der Waals surface area contributed by atoms with Crippen molar-refractivity contribution in [2.75, 3.05) is 0 Å². The molecule has 0 heterocycles. The van der Waals surface area contributed by atoms with E-state index in [1.165, 1.54) is 34.0 Å². The van der Waals surface area contributed by atoms with Gasteiger partial charge in [-0.3, -0.25) is 0 Å². The molecular formula is C11H11Br. The van der Waals surface area contributed by atoms with Crippen LogP contribution in [-0.2, 0) is 6.42 Å². The average Bonchev–Trinajstić information content (AvgIpc) is 2.07. The van der Waals surface area contributed by atoms with Crippen molar-refractivity contribution in [3.8, 4) is 0 Å². The number of aryl methyl sites for hydroxylation is 1. The van der Waals surface area contributed by atoms with Gasteiger partial charge in [0.2, 0.25) is 0 Å². The third-order valence-electron chi connectivity index (χ3n) is 2.39. The summed E-state index contributed by atoms with van der Waals surface area (Å²) in [7, 11) is 0. The van der Waals surface area contributed by atoms with Gasteiger partial charge in [-0.05, 0) is 36.5 Å². The highest BCUT2D eigenvalue weighted by Crippen LogP contribution is 2.31. The minimum atomic E-state index is 1.17. The van der Waals surface area contributed by atoms with Gasteiger partial charge in [0, 0.05) is 4.48 Å². The Labute approximate surface area is 81.4 Å². The summed E-state index contributed by atoms with van der Waals surface area (Å²) >= 11 is 3.58. The smallest absolute Gasteiger partial charge is 0.0210 e. The van der Waals surface area contributed by atoms with Gasteiger partial charge in [0.15, 0.2) is 0 Å². The van der Waals surface area contributed by atoms with Crippen LogP contribution in [0.2, 0.25) is 0 Å².